The molecule has 3 heterocycles. The summed E-state index contributed by atoms with van der Waals surface area (Å²) >= 11 is 0. The first kappa shape index (κ1) is 20.0. The van der Waals surface area contributed by atoms with Crippen LogP contribution in [0.5, 0.6) is 5.75 Å². The van der Waals surface area contributed by atoms with Crippen molar-refractivity contribution >= 4 is 23.7 Å². The van der Waals surface area contributed by atoms with Crippen molar-refractivity contribution in [1.82, 2.24) is 25.6 Å². The van der Waals surface area contributed by atoms with Crippen LogP contribution in [0, 0.1) is 0 Å². The molecule has 0 spiro atoms. The molecule has 1 fully saturated rings. The average molecular weight is 406 g/mol. The maximum absolute atomic E-state index is 12.4. The van der Waals surface area contributed by atoms with Crippen LogP contribution in [0.4, 0.5) is 0 Å². The van der Waals surface area contributed by atoms with Crippen LogP contribution in [0.1, 0.15) is 5.69 Å². The molecule has 0 saturated carbocycles. The second-order valence-corrected chi connectivity index (χ2v) is 6.40. The van der Waals surface area contributed by atoms with Crippen LogP contribution in [0.3, 0.4) is 0 Å². The van der Waals surface area contributed by atoms with E-state index in [0.29, 0.717) is 5.69 Å². The fraction of sp³-hybridized carbons (Fsp3) is 0.312. The Bertz CT molecular complexity index is 984. The van der Waals surface area contributed by atoms with Gasteiger partial charge in [-0.05, 0) is 0 Å². The van der Waals surface area contributed by atoms with Gasteiger partial charge in [0.2, 0.25) is 11.3 Å². The number of hydrogen-bond acceptors (Lipinski definition) is 8. The summed E-state index contributed by atoms with van der Waals surface area (Å²) in [4.78, 5) is 61.8. The highest BCUT2D eigenvalue weighted by Gasteiger charge is 2.47. The van der Waals surface area contributed by atoms with Gasteiger partial charge in [0.1, 0.15) is 6.04 Å². The second-order valence-electron chi connectivity index (χ2n) is 6.40. The highest BCUT2D eigenvalue weighted by molar-refractivity contribution is 6.07. The van der Waals surface area contributed by atoms with E-state index >= 15 is 0 Å². The van der Waals surface area contributed by atoms with E-state index in [1.165, 1.54) is 5.01 Å². The quantitative estimate of drug-likeness (QED) is 0.278. The van der Waals surface area contributed by atoms with Gasteiger partial charge in [0, 0.05) is 24.5 Å². The van der Waals surface area contributed by atoms with Gasteiger partial charge in [-0.15, -0.1) is 0 Å². The number of aromatic hydroxyl groups is 1. The lowest BCUT2D eigenvalue weighted by Crippen LogP contribution is -2.39. The Morgan fingerprint density at radius 2 is 2.00 bits per heavy atom. The molecule has 1 atom stereocenters. The van der Waals surface area contributed by atoms with Crippen molar-refractivity contribution in [1.29, 1.82) is 0 Å². The number of rotatable bonds is 6. The second kappa shape index (κ2) is 7.73. The van der Waals surface area contributed by atoms with Crippen LogP contribution >= 0.6 is 0 Å². The van der Waals surface area contributed by atoms with Crippen LogP contribution in [-0.2, 0) is 25.7 Å². The van der Waals surface area contributed by atoms with E-state index in [1.807, 2.05) is 0 Å². The number of amides is 3. The third-order valence-corrected chi connectivity index (χ3v) is 4.37. The number of hydrazine groups is 1. The van der Waals surface area contributed by atoms with E-state index in [-0.39, 0.29) is 25.2 Å². The molecule has 13 nitrogen and oxygen atoms in total. The average Bonchev–Trinajstić information content (AvgIpc) is 3.17. The molecule has 0 bridgehead atoms. The molecule has 3 rings (SSSR count). The van der Waals surface area contributed by atoms with Crippen LogP contribution in [-0.4, -0.2) is 74.6 Å². The van der Waals surface area contributed by atoms with E-state index in [2.05, 4.69) is 15.6 Å². The summed E-state index contributed by atoms with van der Waals surface area (Å²) in [6.45, 7) is -0.548. The van der Waals surface area contributed by atoms with Gasteiger partial charge in [0.15, 0.2) is 11.4 Å². The number of hydrogen-bond donors (Lipinski definition) is 6. The standard InChI is InChI=1S/C16H18N6O7/c17-9-6-21-5-8(13(16(28)29)22(21)15(9)27)14(26)20-4-12(25)19-2-7-1-10(23)11(24)3-18-7/h1,3,9,24H,2,4-6,17H2,(H,18,23)(H,19,25)(H,20,26)(H,28,29). The first-order valence-electron chi connectivity index (χ1n) is 8.45. The molecule has 0 aliphatic carbocycles. The number of H-pyrrole nitrogens is 1. The zero-order valence-electron chi connectivity index (χ0n) is 15.0. The van der Waals surface area contributed by atoms with Gasteiger partial charge in [-0.3, -0.25) is 19.2 Å². The molecule has 2 aliphatic rings. The summed E-state index contributed by atoms with van der Waals surface area (Å²) in [6, 6.07) is 0.242. The number of nitrogens with two attached hydrogens (primary N) is 1. The maximum atomic E-state index is 12.4. The van der Waals surface area contributed by atoms with Crippen molar-refractivity contribution in [3.8, 4) is 5.75 Å². The van der Waals surface area contributed by atoms with E-state index < -0.39 is 53.2 Å². The first-order chi connectivity index (χ1) is 13.7. The number of carboxylic acids is 1. The molecule has 1 saturated heterocycles. The van der Waals surface area contributed by atoms with E-state index in [4.69, 9.17) is 10.8 Å². The summed E-state index contributed by atoms with van der Waals surface area (Å²) in [7, 11) is 0. The Balaban J connectivity index is 1.59. The molecule has 154 valence electrons. The fourth-order valence-electron chi connectivity index (χ4n) is 2.99. The van der Waals surface area contributed by atoms with Gasteiger partial charge in [0.05, 0.1) is 25.2 Å². The number of fused-ring (bicyclic) bond motifs is 1. The minimum atomic E-state index is -1.46. The molecule has 1 aromatic heterocycles. The summed E-state index contributed by atoms with van der Waals surface area (Å²) in [6.07, 6.45) is 1.08. The zero-order chi connectivity index (χ0) is 21.3. The molecular weight excluding hydrogens is 388 g/mol. The SMILES string of the molecule is NC1CN2CC(C(=O)NCC(=O)NCc3cc(=O)c(O)c[nH]3)=C(C(=O)O)N2C1=O. The number of pyridine rings is 1. The Morgan fingerprint density at radius 1 is 1.28 bits per heavy atom. The highest BCUT2D eigenvalue weighted by Crippen LogP contribution is 2.28. The van der Waals surface area contributed by atoms with Crippen molar-refractivity contribution in [3.05, 3.63) is 39.5 Å². The fourth-order valence-corrected chi connectivity index (χ4v) is 2.99. The first-order valence-corrected chi connectivity index (χ1v) is 8.45. The number of carbonyl (C=O) groups is 4. The molecule has 1 unspecified atom stereocenters. The van der Waals surface area contributed by atoms with Crippen molar-refractivity contribution < 1.29 is 29.4 Å². The Labute approximate surface area is 162 Å². The van der Waals surface area contributed by atoms with E-state index in [0.717, 1.165) is 17.3 Å². The van der Waals surface area contributed by atoms with E-state index in [1.54, 1.807) is 0 Å². The molecule has 7 N–H and O–H groups in total. The van der Waals surface area contributed by atoms with Crippen molar-refractivity contribution in [3.63, 3.8) is 0 Å². The predicted octanol–water partition coefficient (Wildman–Crippen LogP) is -3.45. The lowest BCUT2D eigenvalue weighted by molar-refractivity contribution is -0.143. The highest BCUT2D eigenvalue weighted by atomic mass is 16.4. The van der Waals surface area contributed by atoms with Crippen LogP contribution in [0.2, 0.25) is 0 Å². The summed E-state index contributed by atoms with van der Waals surface area (Å²) in [5, 5.41) is 25.5. The number of carboxylic acid groups (broad SMARTS) is 1. The van der Waals surface area contributed by atoms with E-state index in [9.17, 15) is 29.1 Å². The van der Waals surface area contributed by atoms with Crippen LogP contribution < -0.4 is 21.8 Å². The van der Waals surface area contributed by atoms with Crippen molar-refractivity contribution in [2.24, 2.45) is 5.73 Å². The number of aromatic amines is 1. The lowest BCUT2D eigenvalue weighted by Gasteiger charge is -2.19. The maximum Gasteiger partial charge on any atom is 0.354 e. The predicted molar refractivity (Wildman–Crippen MR) is 94.6 cm³/mol. The Hall–Kier alpha value is -3.71. The molecular formula is C16H18N6O7. The Kier molecular flexibility index (Phi) is 5.34. The summed E-state index contributed by atoms with van der Waals surface area (Å²) < 4.78 is 0. The molecule has 3 amide bonds. The topological polar surface area (TPSA) is 198 Å². The monoisotopic (exact) mass is 406 g/mol. The zero-order valence-corrected chi connectivity index (χ0v) is 15.0. The molecule has 1 aromatic rings. The number of aliphatic carboxylic acids is 1. The normalized spacial score (nSPS) is 18.7. The molecule has 0 radical (unpaired) electrons. The number of nitrogens with one attached hydrogen (secondary N) is 3. The summed E-state index contributed by atoms with van der Waals surface area (Å²) in [5.41, 5.74) is 4.69. The van der Waals surface area contributed by atoms with Gasteiger partial charge in [-0.1, -0.05) is 0 Å². The molecule has 13 heteroatoms. The van der Waals surface area contributed by atoms with Crippen molar-refractivity contribution in [2.45, 2.75) is 12.6 Å². The Morgan fingerprint density at radius 3 is 2.66 bits per heavy atom. The van der Waals surface area contributed by atoms with Gasteiger partial charge >= 0.3 is 5.97 Å². The third kappa shape index (κ3) is 3.95. The van der Waals surface area contributed by atoms with Crippen molar-refractivity contribution in [2.75, 3.05) is 19.6 Å². The lowest BCUT2D eigenvalue weighted by atomic mass is 10.1. The number of carbonyl (C=O) groups excluding carboxylic acids is 3. The minimum absolute atomic E-state index is 0.0543. The van der Waals surface area contributed by atoms with Gasteiger partial charge in [-0.2, -0.15) is 0 Å². The molecule has 2 aliphatic heterocycles. The van der Waals surface area contributed by atoms with Crippen LogP contribution in [0.15, 0.2) is 28.3 Å². The minimum Gasteiger partial charge on any atom is -0.503 e. The third-order valence-electron chi connectivity index (χ3n) is 4.37. The smallest absolute Gasteiger partial charge is 0.354 e. The molecule has 29 heavy (non-hydrogen) atoms. The summed E-state index contributed by atoms with van der Waals surface area (Å²) in [5.74, 6) is -3.93. The van der Waals surface area contributed by atoms with Gasteiger partial charge < -0.3 is 31.6 Å². The van der Waals surface area contributed by atoms with Gasteiger partial charge in [-0.25, -0.2) is 14.8 Å². The number of aromatic nitrogens is 1. The molecule has 0 aromatic carbocycles. The number of nitrogens with zero attached hydrogens (tertiary/aromatic N) is 2. The van der Waals surface area contributed by atoms with Gasteiger partial charge in [0.25, 0.3) is 11.8 Å². The largest absolute Gasteiger partial charge is 0.503 e. The van der Waals surface area contributed by atoms with Crippen LogP contribution in [0.25, 0.3) is 0 Å².